The van der Waals surface area contributed by atoms with Gasteiger partial charge in [0.2, 0.25) is 5.91 Å². The molecule has 28 heavy (non-hydrogen) atoms. The fraction of sp³-hybridized carbons (Fsp3) is 0.389. The number of ether oxygens (including phenoxy) is 1. The molecule has 150 valence electrons. The summed E-state index contributed by atoms with van der Waals surface area (Å²) in [5.74, 6) is 0.351. The molecule has 10 heteroatoms. The first-order valence-electron chi connectivity index (χ1n) is 8.85. The van der Waals surface area contributed by atoms with E-state index in [-0.39, 0.29) is 24.5 Å². The Balaban J connectivity index is 1.67. The number of benzene rings is 1. The Hall–Kier alpha value is -2.29. The summed E-state index contributed by atoms with van der Waals surface area (Å²) < 4.78 is 7.00. The van der Waals surface area contributed by atoms with Crippen LogP contribution in [-0.4, -0.2) is 34.2 Å². The Kier molecular flexibility index (Phi) is 6.43. The van der Waals surface area contributed by atoms with Crippen LogP contribution in [0.25, 0.3) is 0 Å². The third-order valence-corrected chi connectivity index (χ3v) is 4.77. The molecule has 1 aromatic heterocycles. The van der Waals surface area contributed by atoms with Crippen LogP contribution in [-0.2, 0) is 9.59 Å². The minimum Gasteiger partial charge on any atom is -0.482 e. The summed E-state index contributed by atoms with van der Waals surface area (Å²) in [5, 5.41) is 14.1. The number of aryl methyl sites for hydroxylation is 1. The topological polar surface area (TPSA) is 97.3 Å². The standard InChI is InChI=1S/C18H21Cl2N5O3/c1-3-12-8-16(26)23-18(21-12)25-15(6-10(2)24-25)22-17(27)9-28-14-5-4-11(19)7-13(14)20/h4-7,12,18,21H,3,8-9H2,1-2H3,(H,22,27)(H,23,26). The van der Waals surface area contributed by atoms with Crippen molar-refractivity contribution in [3.63, 3.8) is 0 Å². The SMILES string of the molecule is CCC1CC(=O)NC(n2nc(C)cc2NC(=O)COc2ccc(Cl)cc2Cl)N1. The first-order chi connectivity index (χ1) is 13.4. The van der Waals surface area contributed by atoms with Crippen LogP contribution in [0.1, 0.15) is 31.7 Å². The van der Waals surface area contributed by atoms with E-state index in [2.05, 4.69) is 21.0 Å². The number of halogens is 2. The molecule has 8 nitrogen and oxygen atoms in total. The van der Waals surface area contributed by atoms with Crippen LogP contribution < -0.4 is 20.7 Å². The summed E-state index contributed by atoms with van der Waals surface area (Å²) in [6.45, 7) is 3.56. The van der Waals surface area contributed by atoms with Crippen LogP contribution in [0.4, 0.5) is 5.82 Å². The van der Waals surface area contributed by atoms with Crippen molar-refractivity contribution < 1.29 is 14.3 Å². The number of aromatic nitrogens is 2. The Bertz CT molecular complexity index is 886. The van der Waals surface area contributed by atoms with Crippen molar-refractivity contribution >= 4 is 40.8 Å². The summed E-state index contributed by atoms with van der Waals surface area (Å²) >= 11 is 11.9. The zero-order valence-corrected chi connectivity index (χ0v) is 17.0. The van der Waals surface area contributed by atoms with Gasteiger partial charge in [0.1, 0.15) is 11.6 Å². The second-order valence-corrected chi connectivity index (χ2v) is 7.32. The average Bonchev–Trinajstić information content (AvgIpc) is 3.00. The van der Waals surface area contributed by atoms with Crippen LogP contribution in [0.2, 0.25) is 10.0 Å². The molecule has 2 amide bonds. The maximum Gasteiger partial charge on any atom is 0.263 e. The molecule has 1 fully saturated rings. The lowest BCUT2D eigenvalue weighted by molar-refractivity contribution is -0.125. The Labute approximate surface area is 172 Å². The van der Waals surface area contributed by atoms with Gasteiger partial charge in [0.05, 0.1) is 10.7 Å². The molecule has 0 bridgehead atoms. The fourth-order valence-corrected chi connectivity index (χ4v) is 3.34. The van der Waals surface area contributed by atoms with Crippen LogP contribution in [0.5, 0.6) is 5.75 Å². The number of nitrogens with one attached hydrogen (secondary N) is 3. The van der Waals surface area contributed by atoms with Crippen LogP contribution in [0.3, 0.4) is 0 Å². The normalized spacial score (nSPS) is 19.2. The highest BCUT2D eigenvalue weighted by atomic mass is 35.5. The smallest absolute Gasteiger partial charge is 0.263 e. The number of hydrogen-bond acceptors (Lipinski definition) is 5. The molecule has 3 N–H and O–H groups in total. The van der Waals surface area contributed by atoms with Crippen molar-refractivity contribution in [1.29, 1.82) is 0 Å². The minimum atomic E-state index is -0.540. The first-order valence-corrected chi connectivity index (χ1v) is 9.60. The molecule has 0 saturated carbocycles. The second-order valence-electron chi connectivity index (χ2n) is 6.47. The highest BCUT2D eigenvalue weighted by Gasteiger charge is 2.28. The van der Waals surface area contributed by atoms with Gasteiger partial charge in [-0.3, -0.25) is 14.9 Å². The predicted molar refractivity (Wildman–Crippen MR) is 107 cm³/mol. The van der Waals surface area contributed by atoms with Gasteiger partial charge in [-0.25, -0.2) is 4.68 Å². The van der Waals surface area contributed by atoms with E-state index in [1.54, 1.807) is 29.8 Å². The predicted octanol–water partition coefficient (Wildman–Crippen LogP) is 2.86. The highest BCUT2D eigenvalue weighted by Crippen LogP contribution is 2.27. The minimum absolute atomic E-state index is 0.0437. The molecule has 1 saturated heterocycles. The maximum absolute atomic E-state index is 12.3. The summed E-state index contributed by atoms with van der Waals surface area (Å²) in [6.07, 6.45) is 0.674. The van der Waals surface area contributed by atoms with E-state index in [0.29, 0.717) is 33.7 Å². The van der Waals surface area contributed by atoms with Gasteiger partial charge >= 0.3 is 0 Å². The van der Waals surface area contributed by atoms with E-state index < -0.39 is 6.29 Å². The number of rotatable bonds is 6. The van der Waals surface area contributed by atoms with Crippen molar-refractivity contribution in [2.24, 2.45) is 0 Å². The van der Waals surface area contributed by atoms with Crippen molar-refractivity contribution in [3.05, 3.63) is 40.0 Å². The molecule has 1 aliphatic heterocycles. The zero-order valence-electron chi connectivity index (χ0n) is 15.5. The van der Waals surface area contributed by atoms with Gasteiger partial charge in [-0.2, -0.15) is 5.10 Å². The molecule has 1 aliphatic rings. The van der Waals surface area contributed by atoms with E-state index in [1.807, 2.05) is 6.92 Å². The highest BCUT2D eigenvalue weighted by molar-refractivity contribution is 6.35. The molecule has 0 radical (unpaired) electrons. The van der Waals surface area contributed by atoms with E-state index in [0.717, 1.165) is 6.42 Å². The van der Waals surface area contributed by atoms with Gasteiger partial charge in [0.25, 0.3) is 5.91 Å². The van der Waals surface area contributed by atoms with Crippen LogP contribution in [0, 0.1) is 6.92 Å². The lowest BCUT2D eigenvalue weighted by atomic mass is 10.1. The lowest BCUT2D eigenvalue weighted by Gasteiger charge is -2.31. The molecule has 2 unspecified atom stereocenters. The van der Waals surface area contributed by atoms with Gasteiger partial charge < -0.3 is 15.4 Å². The van der Waals surface area contributed by atoms with E-state index in [1.165, 1.54) is 6.07 Å². The summed E-state index contributed by atoms with van der Waals surface area (Å²) in [5.41, 5.74) is 0.701. The van der Waals surface area contributed by atoms with Gasteiger partial charge in [-0.1, -0.05) is 30.1 Å². The molecule has 0 aliphatic carbocycles. The Morgan fingerprint density at radius 2 is 2.18 bits per heavy atom. The van der Waals surface area contributed by atoms with Crippen molar-refractivity contribution in [2.75, 3.05) is 11.9 Å². The first kappa shape index (κ1) is 20.4. The number of anilines is 1. The molecule has 3 rings (SSSR count). The number of carbonyl (C=O) groups excluding carboxylic acids is 2. The molecular formula is C18H21Cl2N5O3. The monoisotopic (exact) mass is 425 g/mol. The third kappa shape index (κ3) is 4.95. The van der Waals surface area contributed by atoms with Gasteiger partial charge in [0, 0.05) is 23.6 Å². The van der Waals surface area contributed by atoms with Gasteiger partial charge in [-0.15, -0.1) is 0 Å². The van der Waals surface area contributed by atoms with Gasteiger partial charge in [-0.05, 0) is 31.5 Å². The Morgan fingerprint density at radius 1 is 1.39 bits per heavy atom. The molecule has 0 spiro atoms. The van der Waals surface area contributed by atoms with Crippen molar-refractivity contribution in [2.45, 2.75) is 39.0 Å². The fourth-order valence-electron chi connectivity index (χ4n) is 2.87. The summed E-state index contributed by atoms with van der Waals surface area (Å²) in [7, 11) is 0. The average molecular weight is 426 g/mol. The summed E-state index contributed by atoms with van der Waals surface area (Å²) in [4.78, 5) is 24.3. The summed E-state index contributed by atoms with van der Waals surface area (Å²) in [6, 6.07) is 6.52. The maximum atomic E-state index is 12.3. The molecule has 1 aromatic carbocycles. The molecule has 2 aromatic rings. The van der Waals surface area contributed by atoms with Crippen LogP contribution >= 0.6 is 23.2 Å². The van der Waals surface area contributed by atoms with Crippen molar-refractivity contribution in [1.82, 2.24) is 20.4 Å². The second kappa shape index (κ2) is 8.81. The van der Waals surface area contributed by atoms with Crippen molar-refractivity contribution in [3.8, 4) is 5.75 Å². The lowest BCUT2D eigenvalue weighted by Crippen LogP contribution is -2.53. The Morgan fingerprint density at radius 3 is 2.89 bits per heavy atom. The number of amides is 2. The quantitative estimate of drug-likeness (QED) is 0.660. The van der Waals surface area contributed by atoms with E-state index >= 15 is 0 Å². The zero-order chi connectivity index (χ0) is 20.3. The molecular weight excluding hydrogens is 405 g/mol. The molecule has 2 heterocycles. The number of nitrogens with zero attached hydrogens (tertiary/aromatic N) is 2. The third-order valence-electron chi connectivity index (χ3n) is 4.24. The van der Waals surface area contributed by atoms with Crippen LogP contribution in [0.15, 0.2) is 24.3 Å². The molecule has 2 atom stereocenters. The van der Waals surface area contributed by atoms with Gasteiger partial charge in [0.15, 0.2) is 12.9 Å². The van der Waals surface area contributed by atoms with E-state index in [9.17, 15) is 9.59 Å². The largest absolute Gasteiger partial charge is 0.482 e. The number of carbonyl (C=O) groups is 2. The van der Waals surface area contributed by atoms with E-state index in [4.69, 9.17) is 27.9 Å². The number of hydrogen-bond donors (Lipinski definition) is 3.